The van der Waals surface area contributed by atoms with Gasteiger partial charge in [0.05, 0.1) is 11.6 Å². The van der Waals surface area contributed by atoms with Crippen molar-refractivity contribution in [3.8, 4) is 6.07 Å². The van der Waals surface area contributed by atoms with Gasteiger partial charge in [0.2, 0.25) is 0 Å². The standard InChI is InChI=1S/C17H19N3/c1-2-11-20(13-15-5-3-4-6-17(15)19)16-9-7-14(12-18)8-10-16/h3-10H,2,11,13,19H2,1H3. The predicted octanol–water partition coefficient (Wildman–Crippen LogP) is 3.56. The van der Waals surface area contributed by atoms with Crippen LogP contribution in [-0.2, 0) is 6.54 Å². The normalized spacial score (nSPS) is 10.0. The molecule has 0 unspecified atom stereocenters. The first-order chi connectivity index (χ1) is 9.74. The Balaban J connectivity index is 2.22. The van der Waals surface area contributed by atoms with E-state index in [2.05, 4.69) is 24.0 Å². The molecule has 2 rings (SSSR count). The minimum atomic E-state index is 0.685. The van der Waals surface area contributed by atoms with Crippen LogP contribution in [0.25, 0.3) is 0 Å². The molecule has 0 atom stereocenters. The molecule has 20 heavy (non-hydrogen) atoms. The van der Waals surface area contributed by atoms with E-state index in [4.69, 9.17) is 11.0 Å². The van der Waals surface area contributed by atoms with Crippen LogP contribution in [0.15, 0.2) is 48.5 Å². The number of para-hydroxylation sites is 1. The summed E-state index contributed by atoms with van der Waals surface area (Å²) in [5.41, 5.74) is 9.77. The number of nitrogens with zero attached hydrogens (tertiary/aromatic N) is 2. The van der Waals surface area contributed by atoms with E-state index in [1.807, 2.05) is 42.5 Å². The molecule has 0 aliphatic rings. The minimum absolute atomic E-state index is 0.685. The Hall–Kier alpha value is -2.47. The van der Waals surface area contributed by atoms with E-state index in [0.29, 0.717) is 5.56 Å². The molecule has 0 radical (unpaired) electrons. The van der Waals surface area contributed by atoms with Gasteiger partial charge in [0.25, 0.3) is 0 Å². The molecular formula is C17H19N3. The smallest absolute Gasteiger partial charge is 0.0991 e. The molecule has 3 heteroatoms. The molecule has 0 bridgehead atoms. The third-order valence-corrected chi connectivity index (χ3v) is 3.27. The van der Waals surface area contributed by atoms with Gasteiger partial charge in [-0.1, -0.05) is 25.1 Å². The fourth-order valence-electron chi connectivity index (χ4n) is 2.20. The molecule has 3 nitrogen and oxygen atoms in total. The van der Waals surface area contributed by atoms with Crippen molar-refractivity contribution in [2.45, 2.75) is 19.9 Å². The van der Waals surface area contributed by atoms with Gasteiger partial charge in [-0.05, 0) is 42.3 Å². The molecule has 0 saturated heterocycles. The number of rotatable bonds is 5. The van der Waals surface area contributed by atoms with Crippen LogP contribution in [-0.4, -0.2) is 6.54 Å². The summed E-state index contributed by atoms with van der Waals surface area (Å²) >= 11 is 0. The van der Waals surface area contributed by atoms with Gasteiger partial charge in [-0.3, -0.25) is 0 Å². The Morgan fingerprint density at radius 2 is 1.80 bits per heavy atom. The van der Waals surface area contributed by atoms with E-state index in [0.717, 1.165) is 36.4 Å². The zero-order valence-electron chi connectivity index (χ0n) is 11.7. The molecule has 0 spiro atoms. The van der Waals surface area contributed by atoms with Crippen LogP contribution in [0.4, 0.5) is 11.4 Å². The van der Waals surface area contributed by atoms with Crippen molar-refractivity contribution in [3.05, 3.63) is 59.7 Å². The number of anilines is 2. The SMILES string of the molecule is CCCN(Cc1ccccc1N)c1ccc(C#N)cc1. The zero-order chi connectivity index (χ0) is 14.4. The van der Waals surface area contributed by atoms with Crippen LogP contribution >= 0.6 is 0 Å². The second-order valence-corrected chi connectivity index (χ2v) is 4.78. The summed E-state index contributed by atoms with van der Waals surface area (Å²) in [5, 5.41) is 8.86. The second-order valence-electron chi connectivity index (χ2n) is 4.78. The van der Waals surface area contributed by atoms with E-state index in [9.17, 15) is 0 Å². The first-order valence-electron chi connectivity index (χ1n) is 6.83. The Bertz CT molecular complexity index is 596. The monoisotopic (exact) mass is 265 g/mol. The molecule has 0 aliphatic heterocycles. The molecule has 2 aromatic carbocycles. The lowest BCUT2D eigenvalue weighted by Gasteiger charge is -2.25. The summed E-state index contributed by atoms with van der Waals surface area (Å²) < 4.78 is 0. The highest BCUT2D eigenvalue weighted by Gasteiger charge is 2.08. The molecule has 0 saturated carbocycles. The van der Waals surface area contributed by atoms with Gasteiger partial charge < -0.3 is 10.6 Å². The van der Waals surface area contributed by atoms with Crippen molar-refractivity contribution in [2.24, 2.45) is 0 Å². The predicted molar refractivity (Wildman–Crippen MR) is 83.4 cm³/mol. The van der Waals surface area contributed by atoms with E-state index >= 15 is 0 Å². The van der Waals surface area contributed by atoms with Crippen molar-refractivity contribution in [1.29, 1.82) is 5.26 Å². The third-order valence-electron chi connectivity index (χ3n) is 3.27. The average Bonchev–Trinajstić information content (AvgIpc) is 2.49. The van der Waals surface area contributed by atoms with Crippen molar-refractivity contribution < 1.29 is 0 Å². The summed E-state index contributed by atoms with van der Waals surface area (Å²) in [7, 11) is 0. The van der Waals surface area contributed by atoms with Crippen LogP contribution in [0, 0.1) is 11.3 Å². The summed E-state index contributed by atoms with van der Waals surface area (Å²) in [6, 6.07) is 17.8. The van der Waals surface area contributed by atoms with Crippen LogP contribution < -0.4 is 10.6 Å². The largest absolute Gasteiger partial charge is 0.398 e. The molecule has 102 valence electrons. The molecule has 0 amide bonds. The van der Waals surface area contributed by atoms with Crippen molar-refractivity contribution >= 4 is 11.4 Å². The highest BCUT2D eigenvalue weighted by molar-refractivity contribution is 5.53. The molecular weight excluding hydrogens is 246 g/mol. The Kier molecular flexibility index (Phi) is 4.62. The van der Waals surface area contributed by atoms with Gasteiger partial charge in [-0.25, -0.2) is 0 Å². The van der Waals surface area contributed by atoms with Crippen molar-refractivity contribution in [3.63, 3.8) is 0 Å². The lowest BCUT2D eigenvalue weighted by atomic mass is 10.1. The Labute approximate surface area is 120 Å². The van der Waals surface area contributed by atoms with Crippen molar-refractivity contribution in [2.75, 3.05) is 17.2 Å². The number of benzene rings is 2. The molecule has 0 aliphatic carbocycles. The van der Waals surface area contributed by atoms with E-state index in [1.54, 1.807) is 0 Å². The van der Waals surface area contributed by atoms with Gasteiger partial charge in [0.1, 0.15) is 0 Å². The van der Waals surface area contributed by atoms with Gasteiger partial charge in [-0.2, -0.15) is 5.26 Å². The van der Waals surface area contributed by atoms with Crippen molar-refractivity contribution in [1.82, 2.24) is 0 Å². The zero-order valence-corrected chi connectivity index (χ0v) is 11.7. The molecule has 2 aromatic rings. The number of nitrogens with two attached hydrogens (primary N) is 1. The maximum absolute atomic E-state index is 8.86. The van der Waals surface area contributed by atoms with E-state index < -0.39 is 0 Å². The quantitative estimate of drug-likeness (QED) is 0.841. The summed E-state index contributed by atoms with van der Waals surface area (Å²) in [6.45, 7) is 3.90. The summed E-state index contributed by atoms with van der Waals surface area (Å²) in [6.07, 6.45) is 1.06. The van der Waals surface area contributed by atoms with Gasteiger partial charge in [-0.15, -0.1) is 0 Å². The van der Waals surface area contributed by atoms with Gasteiger partial charge >= 0.3 is 0 Å². The number of hydrogen-bond donors (Lipinski definition) is 1. The lowest BCUT2D eigenvalue weighted by molar-refractivity contribution is 0.768. The molecule has 0 heterocycles. The minimum Gasteiger partial charge on any atom is -0.398 e. The third kappa shape index (κ3) is 3.30. The fourth-order valence-corrected chi connectivity index (χ4v) is 2.20. The molecule has 2 N–H and O–H groups in total. The van der Waals surface area contributed by atoms with E-state index in [1.165, 1.54) is 0 Å². The second kappa shape index (κ2) is 6.63. The maximum atomic E-state index is 8.86. The Morgan fingerprint density at radius 3 is 2.40 bits per heavy atom. The first-order valence-corrected chi connectivity index (χ1v) is 6.83. The molecule has 0 fully saturated rings. The topological polar surface area (TPSA) is 53.0 Å². The maximum Gasteiger partial charge on any atom is 0.0991 e. The van der Waals surface area contributed by atoms with E-state index in [-0.39, 0.29) is 0 Å². The number of nitrogen functional groups attached to an aromatic ring is 1. The average molecular weight is 265 g/mol. The summed E-state index contributed by atoms with van der Waals surface area (Å²) in [4.78, 5) is 2.28. The van der Waals surface area contributed by atoms with Crippen LogP contribution in [0.1, 0.15) is 24.5 Å². The van der Waals surface area contributed by atoms with Crippen LogP contribution in [0.2, 0.25) is 0 Å². The summed E-state index contributed by atoms with van der Waals surface area (Å²) in [5.74, 6) is 0. The first kappa shape index (κ1) is 14.0. The van der Waals surface area contributed by atoms with Gasteiger partial charge in [0.15, 0.2) is 0 Å². The number of nitriles is 1. The Morgan fingerprint density at radius 1 is 1.10 bits per heavy atom. The number of hydrogen-bond acceptors (Lipinski definition) is 3. The van der Waals surface area contributed by atoms with Gasteiger partial charge in [0, 0.05) is 24.5 Å². The molecule has 0 aromatic heterocycles. The lowest BCUT2D eigenvalue weighted by Crippen LogP contribution is -2.23. The van der Waals surface area contributed by atoms with Crippen LogP contribution in [0.5, 0.6) is 0 Å². The highest BCUT2D eigenvalue weighted by atomic mass is 15.1. The van der Waals surface area contributed by atoms with Crippen LogP contribution in [0.3, 0.4) is 0 Å². The fraction of sp³-hybridized carbons (Fsp3) is 0.235. The highest BCUT2D eigenvalue weighted by Crippen LogP contribution is 2.21.